The first kappa shape index (κ1) is 21.2. The van der Waals surface area contributed by atoms with Crippen molar-refractivity contribution in [2.75, 3.05) is 0 Å². The van der Waals surface area contributed by atoms with E-state index in [1.54, 1.807) is 29.8 Å². The minimum Gasteiger partial charge on any atom is -0.467 e. The highest BCUT2D eigenvalue weighted by molar-refractivity contribution is 7.98. The second-order valence-corrected chi connectivity index (χ2v) is 7.89. The quantitative estimate of drug-likeness (QED) is 0.311. The minimum atomic E-state index is -4.41. The lowest BCUT2D eigenvalue weighted by atomic mass is 10.1. The van der Waals surface area contributed by atoms with Crippen LogP contribution < -0.4 is 5.56 Å². The van der Waals surface area contributed by atoms with Gasteiger partial charge < -0.3 is 4.42 Å². The fraction of sp³-hybridized carbons (Fsp3) is 0.286. The molecule has 4 rings (SSSR count). The van der Waals surface area contributed by atoms with Gasteiger partial charge >= 0.3 is 6.18 Å². The Morgan fingerprint density at radius 1 is 1.19 bits per heavy atom. The standard InChI is InChI=1S/C21H19F3N4O2S/c1-3-28-18-17(13(2)26-28)25-20(27(19(18)29)11-16-8-5-9-30-16)31-12-14-6-4-7-15(10-14)21(22,23)24/h4-10H,3,11-12H2,1-2H3. The first-order chi connectivity index (χ1) is 14.8. The van der Waals surface area contributed by atoms with Crippen molar-refractivity contribution >= 4 is 22.8 Å². The summed E-state index contributed by atoms with van der Waals surface area (Å²) < 4.78 is 47.6. The summed E-state index contributed by atoms with van der Waals surface area (Å²) in [4.78, 5) is 18.0. The van der Waals surface area contributed by atoms with E-state index in [9.17, 15) is 18.0 Å². The lowest BCUT2D eigenvalue weighted by Gasteiger charge is -2.12. The molecule has 0 radical (unpaired) electrons. The largest absolute Gasteiger partial charge is 0.467 e. The van der Waals surface area contributed by atoms with Crippen molar-refractivity contribution in [1.82, 2.24) is 19.3 Å². The summed E-state index contributed by atoms with van der Waals surface area (Å²) in [6.45, 7) is 4.34. The van der Waals surface area contributed by atoms with E-state index in [1.807, 2.05) is 6.92 Å². The molecule has 31 heavy (non-hydrogen) atoms. The third-order valence-electron chi connectivity index (χ3n) is 4.80. The van der Waals surface area contributed by atoms with Crippen LogP contribution in [0.15, 0.2) is 57.0 Å². The van der Waals surface area contributed by atoms with Crippen LogP contribution in [0.25, 0.3) is 11.0 Å². The number of alkyl halides is 3. The molecule has 0 amide bonds. The van der Waals surface area contributed by atoms with E-state index >= 15 is 0 Å². The molecule has 10 heteroatoms. The molecule has 3 aromatic heterocycles. The molecule has 0 N–H and O–H groups in total. The number of hydrogen-bond donors (Lipinski definition) is 0. The van der Waals surface area contributed by atoms with Crippen molar-refractivity contribution in [1.29, 1.82) is 0 Å². The molecule has 162 valence electrons. The van der Waals surface area contributed by atoms with Gasteiger partial charge in [0, 0.05) is 12.3 Å². The van der Waals surface area contributed by atoms with Crippen molar-refractivity contribution in [2.24, 2.45) is 0 Å². The van der Waals surface area contributed by atoms with Crippen molar-refractivity contribution in [3.63, 3.8) is 0 Å². The summed E-state index contributed by atoms with van der Waals surface area (Å²) in [7, 11) is 0. The number of benzene rings is 1. The van der Waals surface area contributed by atoms with E-state index < -0.39 is 11.7 Å². The fourth-order valence-electron chi connectivity index (χ4n) is 3.31. The van der Waals surface area contributed by atoms with Crippen molar-refractivity contribution < 1.29 is 17.6 Å². The molecule has 0 aliphatic heterocycles. The Kier molecular flexibility index (Phi) is 5.65. The summed E-state index contributed by atoms with van der Waals surface area (Å²) in [5.41, 5.74) is 1.03. The van der Waals surface area contributed by atoms with Crippen LogP contribution in [-0.4, -0.2) is 19.3 Å². The smallest absolute Gasteiger partial charge is 0.416 e. The molecule has 1 aromatic carbocycles. The van der Waals surface area contributed by atoms with Crippen LogP contribution in [0.4, 0.5) is 13.2 Å². The molecule has 0 bridgehead atoms. The zero-order chi connectivity index (χ0) is 22.2. The van der Waals surface area contributed by atoms with E-state index in [0.717, 1.165) is 12.1 Å². The maximum atomic E-state index is 13.3. The lowest BCUT2D eigenvalue weighted by molar-refractivity contribution is -0.137. The molecule has 6 nitrogen and oxygen atoms in total. The number of thioether (sulfide) groups is 1. The van der Waals surface area contributed by atoms with Gasteiger partial charge in [0.15, 0.2) is 10.7 Å². The van der Waals surface area contributed by atoms with Crippen molar-refractivity contribution in [2.45, 2.75) is 44.0 Å². The maximum Gasteiger partial charge on any atom is 0.416 e. The van der Waals surface area contributed by atoms with Crippen molar-refractivity contribution in [3.8, 4) is 0 Å². The fourth-order valence-corrected chi connectivity index (χ4v) is 4.24. The third kappa shape index (κ3) is 4.25. The van der Waals surface area contributed by atoms with Gasteiger partial charge in [0.1, 0.15) is 11.3 Å². The van der Waals surface area contributed by atoms with Crippen LogP contribution in [-0.2, 0) is 25.0 Å². The van der Waals surface area contributed by atoms with Gasteiger partial charge in [-0.15, -0.1) is 0 Å². The van der Waals surface area contributed by atoms with Crippen LogP contribution in [0.3, 0.4) is 0 Å². The molecule has 0 fully saturated rings. The molecular weight excluding hydrogens is 429 g/mol. The van der Waals surface area contributed by atoms with Gasteiger partial charge in [-0.25, -0.2) is 4.98 Å². The summed E-state index contributed by atoms with van der Waals surface area (Å²) in [6, 6.07) is 8.62. The Labute approximate surface area is 179 Å². The second-order valence-electron chi connectivity index (χ2n) is 6.95. The molecule has 0 aliphatic carbocycles. The molecule has 0 spiro atoms. The van der Waals surface area contributed by atoms with E-state index in [-0.39, 0.29) is 17.9 Å². The van der Waals surface area contributed by atoms with Gasteiger partial charge in [0.25, 0.3) is 5.56 Å². The van der Waals surface area contributed by atoms with Gasteiger partial charge in [-0.3, -0.25) is 14.0 Å². The minimum absolute atomic E-state index is 0.160. The highest BCUT2D eigenvalue weighted by Crippen LogP contribution is 2.31. The molecule has 0 atom stereocenters. The summed E-state index contributed by atoms with van der Waals surface area (Å²) in [5.74, 6) is 0.796. The average Bonchev–Trinajstić information content (AvgIpc) is 3.36. The van der Waals surface area contributed by atoms with Gasteiger partial charge in [-0.2, -0.15) is 18.3 Å². The second kappa shape index (κ2) is 8.26. The van der Waals surface area contributed by atoms with Gasteiger partial charge in [-0.1, -0.05) is 30.0 Å². The zero-order valence-corrected chi connectivity index (χ0v) is 17.6. The number of halogens is 3. The number of furan rings is 1. The highest BCUT2D eigenvalue weighted by atomic mass is 32.2. The first-order valence-corrected chi connectivity index (χ1v) is 10.6. The predicted octanol–water partition coefficient (Wildman–Crippen LogP) is 4.87. The van der Waals surface area contributed by atoms with Gasteiger partial charge in [0.2, 0.25) is 0 Å². The highest BCUT2D eigenvalue weighted by Gasteiger charge is 2.30. The SMILES string of the molecule is CCn1nc(C)c2nc(SCc3cccc(C(F)(F)F)c3)n(Cc3ccco3)c(=O)c21. The Balaban J connectivity index is 1.75. The average molecular weight is 448 g/mol. The number of aryl methyl sites for hydroxylation is 2. The summed E-state index contributed by atoms with van der Waals surface area (Å²) >= 11 is 1.20. The summed E-state index contributed by atoms with van der Waals surface area (Å²) in [5, 5.41) is 4.78. The Morgan fingerprint density at radius 3 is 2.68 bits per heavy atom. The predicted molar refractivity (Wildman–Crippen MR) is 111 cm³/mol. The monoisotopic (exact) mass is 448 g/mol. The van der Waals surface area contributed by atoms with Crippen molar-refractivity contribution in [3.05, 3.63) is 75.6 Å². The summed E-state index contributed by atoms with van der Waals surface area (Å²) in [6.07, 6.45) is -2.90. The van der Waals surface area contributed by atoms with E-state index in [2.05, 4.69) is 10.1 Å². The normalized spacial score (nSPS) is 12.0. The van der Waals surface area contributed by atoms with Gasteiger partial charge in [0.05, 0.1) is 24.1 Å². The topological polar surface area (TPSA) is 65.8 Å². The number of fused-ring (bicyclic) bond motifs is 1. The van der Waals surface area contributed by atoms with Crippen LogP contribution in [0.2, 0.25) is 0 Å². The van der Waals surface area contributed by atoms with E-state index in [1.165, 1.54) is 28.7 Å². The molecule has 0 aliphatic rings. The third-order valence-corrected chi connectivity index (χ3v) is 5.85. The Bertz CT molecular complexity index is 1280. The number of rotatable bonds is 6. The molecule has 3 heterocycles. The maximum absolute atomic E-state index is 13.3. The molecule has 0 saturated heterocycles. The first-order valence-electron chi connectivity index (χ1n) is 9.57. The van der Waals surface area contributed by atoms with Crippen LogP contribution >= 0.6 is 11.8 Å². The molecular formula is C21H19F3N4O2S. The Hall–Kier alpha value is -3.01. The molecule has 0 unspecified atom stereocenters. The van der Waals surface area contributed by atoms with Crippen LogP contribution in [0.5, 0.6) is 0 Å². The van der Waals surface area contributed by atoms with E-state index in [4.69, 9.17) is 4.42 Å². The number of nitrogens with zero attached hydrogens (tertiary/aromatic N) is 4. The van der Waals surface area contributed by atoms with Gasteiger partial charge in [-0.05, 0) is 37.6 Å². The number of hydrogen-bond acceptors (Lipinski definition) is 5. The van der Waals surface area contributed by atoms with E-state index in [0.29, 0.717) is 39.8 Å². The zero-order valence-electron chi connectivity index (χ0n) is 16.8. The number of aromatic nitrogens is 4. The molecule has 4 aromatic rings. The van der Waals surface area contributed by atoms with Crippen LogP contribution in [0.1, 0.15) is 29.5 Å². The molecule has 0 saturated carbocycles. The Morgan fingerprint density at radius 2 is 2.00 bits per heavy atom. The van der Waals surface area contributed by atoms with Crippen LogP contribution in [0, 0.1) is 6.92 Å². The lowest BCUT2D eigenvalue weighted by Crippen LogP contribution is -2.25.